The number of hydrogen-bond donors (Lipinski definition) is 1. The fourth-order valence-electron chi connectivity index (χ4n) is 1.30. The average Bonchev–Trinajstić information content (AvgIpc) is 2.31. The summed E-state index contributed by atoms with van der Waals surface area (Å²) in [5.41, 5.74) is 0.135. The molecule has 1 N–H and O–H groups in total. The van der Waals surface area contributed by atoms with Crippen molar-refractivity contribution in [2.24, 2.45) is 0 Å². The van der Waals surface area contributed by atoms with Gasteiger partial charge in [0.05, 0.1) is 0 Å². The molecule has 86 valence electrons. The Hall–Kier alpha value is -2.36. The van der Waals surface area contributed by atoms with Gasteiger partial charge in [0.1, 0.15) is 17.8 Å². The Labute approximate surface area is 96.5 Å². The Kier molecular flexibility index (Phi) is 3.05. The van der Waals surface area contributed by atoms with Crippen molar-refractivity contribution < 1.29 is 13.9 Å². The van der Waals surface area contributed by atoms with Gasteiger partial charge in [-0.3, -0.25) is 4.79 Å². The molecule has 2 rings (SSSR count). The molecular weight excluding hydrogens is 223 g/mol. The van der Waals surface area contributed by atoms with Crippen molar-refractivity contribution in [3.05, 3.63) is 64.0 Å². The predicted molar refractivity (Wildman–Crippen MR) is 62.0 cm³/mol. The summed E-state index contributed by atoms with van der Waals surface area (Å²) < 4.78 is 17.8. The molecule has 0 unspecified atom stereocenters. The molecule has 0 atom stereocenters. The molecule has 0 spiro atoms. The maximum atomic E-state index is 12.9. The molecule has 0 amide bonds. The van der Waals surface area contributed by atoms with E-state index in [1.165, 1.54) is 18.2 Å². The van der Waals surface area contributed by atoms with Crippen LogP contribution >= 0.6 is 0 Å². The summed E-state index contributed by atoms with van der Waals surface area (Å²) in [4.78, 5) is 11.1. The zero-order chi connectivity index (χ0) is 12.3. The number of rotatable bonds is 2. The first-order chi connectivity index (χ1) is 8.15. The number of halogens is 1. The van der Waals surface area contributed by atoms with Crippen molar-refractivity contribution >= 4 is 12.2 Å². The summed E-state index contributed by atoms with van der Waals surface area (Å²) >= 11 is 0. The third-order valence-electron chi connectivity index (χ3n) is 2.12. The molecule has 3 nitrogen and oxygen atoms in total. The van der Waals surface area contributed by atoms with E-state index in [0.717, 1.165) is 12.3 Å². The van der Waals surface area contributed by atoms with Crippen LogP contribution in [0.1, 0.15) is 11.3 Å². The highest BCUT2D eigenvalue weighted by molar-refractivity contribution is 5.67. The molecule has 1 aromatic carbocycles. The predicted octanol–water partition coefficient (Wildman–Crippen LogP) is 2.65. The van der Waals surface area contributed by atoms with Crippen LogP contribution in [0, 0.1) is 5.82 Å². The van der Waals surface area contributed by atoms with Crippen molar-refractivity contribution in [3.63, 3.8) is 0 Å². The van der Waals surface area contributed by atoms with E-state index in [0.29, 0.717) is 5.56 Å². The van der Waals surface area contributed by atoms with Crippen molar-refractivity contribution in [1.82, 2.24) is 0 Å². The van der Waals surface area contributed by atoms with E-state index >= 15 is 0 Å². The Bertz CT molecular complexity index is 614. The standard InChI is InChI=1S/C13H9FO3/c14-10-3-1-2-9(6-10)4-5-11-7-12(15)13(16)8-17-11/h1-8,16H/b5-4+. The van der Waals surface area contributed by atoms with Crippen LogP contribution in [0.4, 0.5) is 4.39 Å². The van der Waals surface area contributed by atoms with Gasteiger partial charge < -0.3 is 9.52 Å². The molecule has 0 saturated heterocycles. The topological polar surface area (TPSA) is 50.4 Å². The minimum absolute atomic E-state index is 0.289. The first-order valence-electron chi connectivity index (χ1n) is 4.90. The fourth-order valence-corrected chi connectivity index (χ4v) is 1.30. The maximum Gasteiger partial charge on any atom is 0.227 e. The lowest BCUT2D eigenvalue weighted by Gasteiger charge is -1.95. The molecule has 0 aliphatic carbocycles. The van der Waals surface area contributed by atoms with Gasteiger partial charge in [-0.25, -0.2) is 4.39 Å². The van der Waals surface area contributed by atoms with E-state index in [2.05, 4.69) is 0 Å². The molecule has 0 radical (unpaired) electrons. The van der Waals surface area contributed by atoms with Crippen molar-refractivity contribution in [2.45, 2.75) is 0 Å². The molecule has 0 bridgehead atoms. The summed E-state index contributed by atoms with van der Waals surface area (Å²) in [5, 5.41) is 8.99. The fraction of sp³-hybridized carbons (Fsp3) is 0. The lowest BCUT2D eigenvalue weighted by Crippen LogP contribution is -1.97. The van der Waals surface area contributed by atoms with Crippen LogP contribution in [0.25, 0.3) is 12.2 Å². The van der Waals surface area contributed by atoms with Crippen LogP contribution in [-0.2, 0) is 0 Å². The molecule has 2 aromatic rings. The van der Waals surface area contributed by atoms with E-state index in [-0.39, 0.29) is 11.6 Å². The van der Waals surface area contributed by atoms with E-state index in [9.17, 15) is 9.18 Å². The highest BCUT2D eigenvalue weighted by Gasteiger charge is 1.98. The third-order valence-corrected chi connectivity index (χ3v) is 2.12. The van der Waals surface area contributed by atoms with E-state index in [1.807, 2.05) is 0 Å². The van der Waals surface area contributed by atoms with Crippen LogP contribution in [0.3, 0.4) is 0 Å². The largest absolute Gasteiger partial charge is 0.502 e. The van der Waals surface area contributed by atoms with Crippen LogP contribution in [0.5, 0.6) is 5.75 Å². The smallest absolute Gasteiger partial charge is 0.227 e. The van der Waals surface area contributed by atoms with Crippen molar-refractivity contribution in [2.75, 3.05) is 0 Å². The van der Waals surface area contributed by atoms with Crippen LogP contribution in [0.15, 0.2) is 45.8 Å². The lowest BCUT2D eigenvalue weighted by molar-refractivity contribution is 0.427. The second-order valence-corrected chi connectivity index (χ2v) is 3.42. The minimum Gasteiger partial charge on any atom is -0.502 e. The van der Waals surface area contributed by atoms with Gasteiger partial charge in [-0.05, 0) is 23.8 Å². The molecule has 0 aliphatic rings. The van der Waals surface area contributed by atoms with Crippen LogP contribution < -0.4 is 5.43 Å². The molecule has 0 aliphatic heterocycles. The van der Waals surface area contributed by atoms with Gasteiger partial charge in [0.15, 0.2) is 5.75 Å². The Morgan fingerprint density at radius 2 is 2.06 bits per heavy atom. The minimum atomic E-state index is -0.518. The lowest BCUT2D eigenvalue weighted by atomic mass is 10.2. The maximum absolute atomic E-state index is 12.9. The molecular formula is C13H9FO3. The second kappa shape index (κ2) is 4.65. The van der Waals surface area contributed by atoms with Gasteiger partial charge in [-0.2, -0.15) is 0 Å². The van der Waals surface area contributed by atoms with Crippen molar-refractivity contribution in [3.8, 4) is 5.75 Å². The van der Waals surface area contributed by atoms with E-state index in [1.54, 1.807) is 18.2 Å². The van der Waals surface area contributed by atoms with Gasteiger partial charge in [0.25, 0.3) is 0 Å². The molecule has 1 aromatic heterocycles. The van der Waals surface area contributed by atoms with Crippen molar-refractivity contribution in [1.29, 1.82) is 0 Å². The average molecular weight is 232 g/mol. The number of hydrogen-bond acceptors (Lipinski definition) is 3. The summed E-state index contributed by atoms with van der Waals surface area (Å²) in [6.07, 6.45) is 4.10. The summed E-state index contributed by atoms with van der Waals surface area (Å²) in [7, 11) is 0. The monoisotopic (exact) mass is 232 g/mol. The molecule has 1 heterocycles. The Morgan fingerprint density at radius 3 is 2.76 bits per heavy atom. The van der Waals surface area contributed by atoms with Crippen LogP contribution in [-0.4, -0.2) is 5.11 Å². The van der Waals surface area contributed by atoms with E-state index < -0.39 is 11.2 Å². The molecule has 0 fully saturated rings. The van der Waals surface area contributed by atoms with Gasteiger partial charge >= 0.3 is 0 Å². The zero-order valence-corrected chi connectivity index (χ0v) is 8.76. The van der Waals surface area contributed by atoms with Crippen LogP contribution in [0.2, 0.25) is 0 Å². The quantitative estimate of drug-likeness (QED) is 0.865. The summed E-state index contributed by atoms with van der Waals surface area (Å²) in [6.45, 7) is 0. The molecule has 0 saturated carbocycles. The van der Waals surface area contributed by atoms with Gasteiger partial charge in [0.2, 0.25) is 5.43 Å². The molecule has 17 heavy (non-hydrogen) atoms. The highest BCUT2D eigenvalue weighted by Crippen LogP contribution is 2.10. The highest BCUT2D eigenvalue weighted by atomic mass is 19.1. The molecule has 4 heteroatoms. The SMILES string of the molecule is O=c1cc(/C=C/c2cccc(F)c2)occ1O. The normalized spacial score (nSPS) is 10.9. The van der Waals surface area contributed by atoms with Gasteiger partial charge in [-0.15, -0.1) is 0 Å². The Morgan fingerprint density at radius 1 is 1.24 bits per heavy atom. The van der Waals surface area contributed by atoms with Gasteiger partial charge in [0, 0.05) is 6.07 Å². The van der Waals surface area contributed by atoms with Gasteiger partial charge in [-0.1, -0.05) is 18.2 Å². The zero-order valence-electron chi connectivity index (χ0n) is 8.76. The number of aromatic hydroxyl groups is 1. The second-order valence-electron chi connectivity index (χ2n) is 3.42. The third kappa shape index (κ3) is 2.81. The summed E-state index contributed by atoms with van der Waals surface area (Å²) in [5.74, 6) is -0.482. The number of benzene rings is 1. The first kappa shape index (κ1) is 11.1. The van der Waals surface area contributed by atoms with E-state index in [4.69, 9.17) is 9.52 Å². The Balaban J connectivity index is 2.26. The summed E-state index contributed by atoms with van der Waals surface area (Å²) in [6, 6.07) is 7.16. The first-order valence-corrected chi connectivity index (χ1v) is 4.90.